The smallest absolute Gasteiger partial charge is 0.279 e. The average molecular weight is 315 g/mol. The summed E-state index contributed by atoms with van der Waals surface area (Å²) in [4.78, 5) is 19.9. The molecule has 1 amide bonds. The van der Waals surface area contributed by atoms with Gasteiger partial charge >= 0.3 is 0 Å². The van der Waals surface area contributed by atoms with E-state index in [1.807, 2.05) is 0 Å². The van der Waals surface area contributed by atoms with Crippen LogP contribution in [-0.2, 0) is 13.0 Å². The van der Waals surface area contributed by atoms with Crippen LogP contribution in [0, 0.1) is 6.92 Å². The molecular weight excluding hydrogens is 300 g/mol. The van der Waals surface area contributed by atoms with Crippen molar-refractivity contribution in [1.29, 1.82) is 0 Å². The van der Waals surface area contributed by atoms with Crippen LogP contribution in [0.15, 0.2) is 10.6 Å². The van der Waals surface area contributed by atoms with Gasteiger partial charge in [0.1, 0.15) is 5.76 Å². The summed E-state index contributed by atoms with van der Waals surface area (Å²) in [6.07, 6.45) is 0.932. The Morgan fingerprint density at radius 2 is 2.35 bits per heavy atom. The number of anilines is 1. The van der Waals surface area contributed by atoms with Crippen molar-refractivity contribution < 1.29 is 9.32 Å². The molecule has 0 bridgehead atoms. The molecule has 0 spiro atoms. The van der Waals surface area contributed by atoms with E-state index < -0.39 is 0 Å². The van der Waals surface area contributed by atoms with Crippen LogP contribution >= 0.6 is 23.7 Å². The Kier molecular flexibility index (Phi) is 4.42. The Hall–Kier alpha value is -1.44. The molecular formula is C12H15ClN4O2S. The van der Waals surface area contributed by atoms with Crippen LogP contribution in [0.4, 0.5) is 5.13 Å². The van der Waals surface area contributed by atoms with E-state index in [-0.39, 0.29) is 24.0 Å². The van der Waals surface area contributed by atoms with Crippen LogP contribution in [0.25, 0.3) is 0 Å². The predicted octanol–water partition coefficient (Wildman–Crippen LogP) is 2.10. The fourth-order valence-corrected chi connectivity index (χ4v) is 3.09. The average Bonchev–Trinajstić information content (AvgIpc) is 2.94. The predicted molar refractivity (Wildman–Crippen MR) is 78.6 cm³/mol. The maximum Gasteiger partial charge on any atom is 0.279 e. The van der Waals surface area contributed by atoms with Gasteiger partial charge in [-0.05, 0) is 14.0 Å². The van der Waals surface area contributed by atoms with Crippen molar-refractivity contribution in [3.63, 3.8) is 0 Å². The molecule has 8 heteroatoms. The molecule has 0 radical (unpaired) electrons. The summed E-state index contributed by atoms with van der Waals surface area (Å²) >= 11 is 1.53. The van der Waals surface area contributed by atoms with Crippen LogP contribution in [-0.4, -0.2) is 34.5 Å². The molecule has 0 atom stereocenters. The molecule has 1 aliphatic rings. The molecule has 0 aromatic carbocycles. The SMILES string of the molecule is Cc1cc(C(=O)Nc2nc3c(s2)CN(C)CC3)no1.Cl. The van der Waals surface area contributed by atoms with Crippen molar-refractivity contribution in [1.82, 2.24) is 15.0 Å². The van der Waals surface area contributed by atoms with Crippen molar-refractivity contribution in [2.75, 3.05) is 18.9 Å². The fraction of sp³-hybridized carbons (Fsp3) is 0.417. The third-order valence-corrected chi connectivity index (χ3v) is 4.00. The molecule has 0 saturated carbocycles. The monoisotopic (exact) mass is 314 g/mol. The number of aryl methyl sites for hydroxylation is 1. The van der Waals surface area contributed by atoms with Gasteiger partial charge in [-0.15, -0.1) is 23.7 Å². The number of fused-ring (bicyclic) bond motifs is 1. The molecule has 0 aliphatic carbocycles. The molecule has 3 heterocycles. The summed E-state index contributed by atoms with van der Waals surface area (Å²) in [7, 11) is 2.08. The van der Waals surface area contributed by atoms with Gasteiger partial charge in [0.2, 0.25) is 0 Å². The number of carbonyl (C=O) groups is 1. The quantitative estimate of drug-likeness (QED) is 0.919. The molecule has 1 aliphatic heterocycles. The van der Waals surface area contributed by atoms with E-state index >= 15 is 0 Å². The third kappa shape index (κ3) is 3.00. The van der Waals surface area contributed by atoms with Gasteiger partial charge in [-0.3, -0.25) is 10.1 Å². The maximum atomic E-state index is 11.9. The number of carbonyl (C=O) groups excluding carboxylic acids is 1. The van der Waals surface area contributed by atoms with E-state index in [4.69, 9.17) is 4.52 Å². The Morgan fingerprint density at radius 1 is 1.55 bits per heavy atom. The Morgan fingerprint density at radius 3 is 3.05 bits per heavy atom. The molecule has 2 aromatic heterocycles. The molecule has 0 saturated heterocycles. The zero-order valence-electron chi connectivity index (χ0n) is 11.2. The Balaban J connectivity index is 0.00000147. The second-order valence-corrected chi connectivity index (χ2v) is 5.74. The molecule has 108 valence electrons. The van der Waals surface area contributed by atoms with Gasteiger partial charge in [0.15, 0.2) is 10.8 Å². The van der Waals surface area contributed by atoms with Gasteiger partial charge in [0.05, 0.1) is 5.69 Å². The Labute approximate surface area is 126 Å². The van der Waals surface area contributed by atoms with Crippen molar-refractivity contribution in [2.45, 2.75) is 19.9 Å². The third-order valence-electron chi connectivity index (χ3n) is 3.00. The minimum atomic E-state index is -0.281. The summed E-state index contributed by atoms with van der Waals surface area (Å²) in [5.74, 6) is 0.335. The number of likely N-dealkylation sites (N-methyl/N-ethyl adjacent to an activating group) is 1. The Bertz CT molecular complexity index is 625. The first-order valence-corrected chi connectivity index (χ1v) is 6.85. The first-order valence-electron chi connectivity index (χ1n) is 6.03. The van der Waals surface area contributed by atoms with Gasteiger partial charge in [0, 0.05) is 30.5 Å². The minimum absolute atomic E-state index is 0. The highest BCUT2D eigenvalue weighted by atomic mass is 35.5. The molecule has 20 heavy (non-hydrogen) atoms. The maximum absolute atomic E-state index is 11.9. The number of nitrogens with one attached hydrogen (secondary N) is 1. The molecule has 1 N–H and O–H groups in total. The summed E-state index contributed by atoms with van der Waals surface area (Å²) in [5, 5.41) is 7.09. The first kappa shape index (κ1) is 15.0. The van der Waals surface area contributed by atoms with Crippen LogP contribution in [0.1, 0.15) is 26.8 Å². The number of thiazole rings is 1. The van der Waals surface area contributed by atoms with Gasteiger partial charge in [-0.2, -0.15) is 0 Å². The number of hydrogen-bond donors (Lipinski definition) is 1. The van der Waals surface area contributed by atoms with Crippen LogP contribution in [0.3, 0.4) is 0 Å². The topological polar surface area (TPSA) is 71.3 Å². The lowest BCUT2D eigenvalue weighted by Gasteiger charge is -2.20. The molecule has 6 nitrogen and oxygen atoms in total. The van der Waals surface area contributed by atoms with Crippen molar-refractivity contribution >= 4 is 34.8 Å². The van der Waals surface area contributed by atoms with Crippen molar-refractivity contribution in [3.05, 3.63) is 28.1 Å². The van der Waals surface area contributed by atoms with Gasteiger partial charge < -0.3 is 9.42 Å². The normalized spacial score (nSPS) is 14.5. The van der Waals surface area contributed by atoms with E-state index in [0.717, 1.165) is 25.2 Å². The van der Waals surface area contributed by atoms with Gasteiger partial charge in [-0.1, -0.05) is 5.16 Å². The van der Waals surface area contributed by atoms with Crippen LogP contribution in [0.2, 0.25) is 0 Å². The molecule has 3 rings (SSSR count). The molecule has 2 aromatic rings. The van der Waals surface area contributed by atoms with Crippen LogP contribution in [0.5, 0.6) is 0 Å². The molecule has 0 unspecified atom stereocenters. The van der Waals surface area contributed by atoms with Crippen molar-refractivity contribution in [3.8, 4) is 0 Å². The largest absolute Gasteiger partial charge is 0.361 e. The summed E-state index contributed by atoms with van der Waals surface area (Å²) < 4.78 is 4.88. The van der Waals surface area contributed by atoms with E-state index in [0.29, 0.717) is 10.9 Å². The lowest BCUT2D eigenvalue weighted by Crippen LogP contribution is -2.25. The standard InChI is InChI=1S/C12H14N4O2S.ClH/c1-7-5-9(15-18-7)11(17)14-12-13-8-3-4-16(2)6-10(8)19-12;/h5H,3-4,6H2,1-2H3,(H,13,14,17);1H. The zero-order valence-corrected chi connectivity index (χ0v) is 12.8. The van der Waals surface area contributed by atoms with E-state index in [9.17, 15) is 4.79 Å². The number of hydrogen-bond acceptors (Lipinski definition) is 6. The number of rotatable bonds is 2. The second-order valence-electron chi connectivity index (χ2n) is 4.65. The van der Waals surface area contributed by atoms with E-state index in [1.165, 1.54) is 16.2 Å². The highest BCUT2D eigenvalue weighted by molar-refractivity contribution is 7.15. The zero-order chi connectivity index (χ0) is 13.4. The van der Waals surface area contributed by atoms with E-state index in [1.54, 1.807) is 13.0 Å². The molecule has 0 fully saturated rings. The lowest BCUT2D eigenvalue weighted by molar-refractivity contribution is 0.101. The highest BCUT2D eigenvalue weighted by Gasteiger charge is 2.20. The fourth-order valence-electron chi connectivity index (χ4n) is 2.01. The summed E-state index contributed by atoms with van der Waals surface area (Å²) in [5.41, 5.74) is 1.37. The number of aromatic nitrogens is 2. The van der Waals surface area contributed by atoms with Gasteiger partial charge in [-0.25, -0.2) is 4.98 Å². The number of nitrogens with zero attached hydrogens (tertiary/aromatic N) is 3. The van der Waals surface area contributed by atoms with Gasteiger partial charge in [0.25, 0.3) is 5.91 Å². The number of halogens is 1. The summed E-state index contributed by atoms with van der Waals surface area (Å²) in [6, 6.07) is 1.61. The first-order chi connectivity index (χ1) is 9.11. The number of amides is 1. The lowest BCUT2D eigenvalue weighted by atomic mass is 10.2. The highest BCUT2D eigenvalue weighted by Crippen LogP contribution is 2.27. The summed E-state index contributed by atoms with van der Waals surface area (Å²) in [6.45, 7) is 3.65. The van der Waals surface area contributed by atoms with Crippen molar-refractivity contribution in [2.24, 2.45) is 0 Å². The second kappa shape index (κ2) is 5.90. The van der Waals surface area contributed by atoms with Crippen LogP contribution < -0.4 is 5.32 Å². The van der Waals surface area contributed by atoms with E-state index in [2.05, 4.69) is 27.4 Å². The minimum Gasteiger partial charge on any atom is -0.361 e.